The van der Waals surface area contributed by atoms with Gasteiger partial charge in [-0.15, -0.1) is 0 Å². The van der Waals surface area contributed by atoms with Crippen molar-refractivity contribution < 1.29 is 29.3 Å². The number of carbonyl (C=O) groups is 2. The number of aliphatic hydroxyl groups excluding tert-OH is 1. The molecule has 2 amide bonds. The Bertz CT molecular complexity index is 2270. The Kier molecular flexibility index (Phi) is 12.6. The first-order valence-electron chi connectivity index (χ1n) is 20.9. The normalized spacial score (nSPS) is 20.2. The number of nitrogens with zero attached hydrogens (tertiary/aromatic N) is 2. The molecular weight excluding hydrogens is 747 g/mol. The van der Waals surface area contributed by atoms with Crippen LogP contribution in [0.4, 0.5) is 4.79 Å². The highest BCUT2D eigenvalue weighted by Gasteiger charge is 2.37. The Morgan fingerprint density at radius 3 is 2.36 bits per heavy atom. The van der Waals surface area contributed by atoms with E-state index in [-0.39, 0.29) is 29.4 Å². The van der Waals surface area contributed by atoms with Crippen molar-refractivity contribution >= 4 is 22.9 Å². The molecule has 2 unspecified atom stereocenters. The summed E-state index contributed by atoms with van der Waals surface area (Å²) < 4.78 is 12.3. The summed E-state index contributed by atoms with van der Waals surface area (Å²) in [4.78, 5) is 45.3. The van der Waals surface area contributed by atoms with E-state index < -0.39 is 12.2 Å². The monoisotopic (exact) mass is 799 g/mol. The third kappa shape index (κ3) is 9.79. The number of fused-ring (bicyclic) bond motifs is 4. The van der Waals surface area contributed by atoms with Crippen molar-refractivity contribution in [3.8, 4) is 11.5 Å². The molecule has 4 fully saturated rings. The summed E-state index contributed by atoms with van der Waals surface area (Å²) >= 11 is 0. The third-order valence-corrected chi connectivity index (χ3v) is 12.2. The average Bonchev–Trinajstić information content (AvgIpc) is 3.27. The topological polar surface area (TPSA) is 156 Å². The highest BCUT2D eigenvalue weighted by atomic mass is 16.6. The van der Waals surface area contributed by atoms with Crippen LogP contribution in [-0.4, -0.2) is 95.5 Å². The van der Waals surface area contributed by atoms with Crippen LogP contribution in [0, 0.1) is 11.8 Å². The SMILES string of the molecule is O=C(N[C@@H](c1ccccc1)c1cccc(OCC2CCN(C(=O)c3ccc(CCNCC(O)c4ccc(O)c5[nH]c(=O)ccc45)cc3)CC2)c1)OC1CN2CCC1CC2. The molecule has 4 saturated heterocycles. The molecule has 5 N–H and O–H groups in total. The minimum Gasteiger partial charge on any atom is -0.506 e. The van der Waals surface area contributed by atoms with E-state index >= 15 is 0 Å². The number of pyridine rings is 1. The summed E-state index contributed by atoms with van der Waals surface area (Å²) in [6.45, 7) is 5.77. The molecule has 4 aliphatic rings. The Hall–Kier alpha value is -5.69. The van der Waals surface area contributed by atoms with Crippen LogP contribution in [0.25, 0.3) is 10.9 Å². The van der Waals surface area contributed by atoms with Gasteiger partial charge in [0.15, 0.2) is 0 Å². The number of nitrogens with one attached hydrogen (secondary N) is 3. The van der Waals surface area contributed by atoms with Gasteiger partial charge in [0, 0.05) is 43.2 Å². The number of aliphatic hydroxyl groups is 1. The highest BCUT2D eigenvalue weighted by molar-refractivity contribution is 5.94. The van der Waals surface area contributed by atoms with E-state index in [1.165, 1.54) is 12.1 Å². The zero-order valence-electron chi connectivity index (χ0n) is 33.2. The smallest absolute Gasteiger partial charge is 0.408 e. The fourth-order valence-electron chi connectivity index (χ4n) is 8.77. The van der Waals surface area contributed by atoms with E-state index in [4.69, 9.17) is 9.47 Å². The van der Waals surface area contributed by atoms with Gasteiger partial charge in [0.25, 0.3) is 5.91 Å². The molecule has 4 aromatic carbocycles. The van der Waals surface area contributed by atoms with Crippen LogP contribution in [0.15, 0.2) is 108 Å². The van der Waals surface area contributed by atoms with E-state index in [9.17, 15) is 24.6 Å². The average molecular weight is 800 g/mol. The number of benzene rings is 4. The minimum absolute atomic E-state index is 0.0267. The number of aromatic hydroxyl groups is 1. The van der Waals surface area contributed by atoms with Gasteiger partial charge >= 0.3 is 6.09 Å². The summed E-state index contributed by atoms with van der Waals surface area (Å²) in [6, 6.07) is 31.3. The Labute approximate surface area is 344 Å². The molecule has 2 bridgehead atoms. The Morgan fingerprint density at radius 1 is 0.847 bits per heavy atom. The molecular formula is C47H53N5O7. The fourth-order valence-corrected chi connectivity index (χ4v) is 8.77. The highest BCUT2D eigenvalue weighted by Crippen LogP contribution is 2.32. The number of amides is 2. The number of likely N-dealkylation sites (tertiary alicyclic amines) is 1. The van der Waals surface area contributed by atoms with Crippen molar-refractivity contribution in [3.63, 3.8) is 0 Å². The van der Waals surface area contributed by atoms with Gasteiger partial charge in [-0.2, -0.15) is 0 Å². The van der Waals surface area contributed by atoms with E-state index in [1.807, 2.05) is 83.8 Å². The molecule has 0 saturated carbocycles. The second-order valence-electron chi connectivity index (χ2n) is 16.1. The number of ether oxygens (including phenoxy) is 2. The molecule has 12 nitrogen and oxygen atoms in total. The maximum absolute atomic E-state index is 13.4. The predicted octanol–water partition coefficient (Wildman–Crippen LogP) is 5.94. The summed E-state index contributed by atoms with van der Waals surface area (Å²) in [6.07, 6.45) is 3.26. The number of phenolic OH excluding ortho intramolecular Hbond substituents is 1. The van der Waals surface area contributed by atoms with E-state index in [0.717, 1.165) is 74.2 Å². The van der Waals surface area contributed by atoms with Crippen LogP contribution in [0.5, 0.6) is 11.5 Å². The molecule has 308 valence electrons. The van der Waals surface area contributed by atoms with Crippen molar-refractivity contribution in [2.24, 2.45) is 11.8 Å². The van der Waals surface area contributed by atoms with Gasteiger partial charge in [0.1, 0.15) is 17.6 Å². The fraction of sp³-hybridized carbons (Fsp3) is 0.383. The van der Waals surface area contributed by atoms with Gasteiger partial charge in [-0.05, 0) is 122 Å². The van der Waals surface area contributed by atoms with Crippen LogP contribution in [0.3, 0.4) is 0 Å². The summed E-state index contributed by atoms with van der Waals surface area (Å²) in [7, 11) is 0. The molecule has 5 heterocycles. The van der Waals surface area contributed by atoms with Gasteiger partial charge in [-0.3, -0.25) is 14.5 Å². The number of alkyl carbamates (subject to hydrolysis) is 1. The van der Waals surface area contributed by atoms with Gasteiger partial charge in [0.05, 0.1) is 24.3 Å². The van der Waals surface area contributed by atoms with Crippen molar-refractivity contribution in [1.29, 1.82) is 0 Å². The van der Waals surface area contributed by atoms with Crippen molar-refractivity contribution in [2.75, 3.05) is 52.4 Å². The standard InChI is InChI=1S/C47H53N5O7/c53-40-15-13-38(39-14-16-43(55)49-45(39)40)41(54)28-48-22-17-31-9-11-35(12-10-31)46(56)52-25-18-32(19-26-52)30-58-37-8-4-7-36(27-37)44(34-5-2-1-3-6-34)50-47(57)59-42-29-51-23-20-33(42)21-24-51/h1-16,27,32-33,41-42,44,48,53-54H,17-26,28-30H2,(H,49,55)(H,50,57)/t41?,42?,44-/m0/s1. The predicted molar refractivity (Wildman–Crippen MR) is 226 cm³/mol. The summed E-state index contributed by atoms with van der Waals surface area (Å²) in [5.41, 5.74) is 4.23. The first-order valence-corrected chi connectivity index (χ1v) is 20.9. The molecule has 0 aliphatic carbocycles. The zero-order chi connectivity index (χ0) is 40.7. The van der Waals surface area contributed by atoms with Gasteiger partial charge < -0.3 is 40.2 Å². The van der Waals surface area contributed by atoms with Gasteiger partial charge in [0.2, 0.25) is 5.56 Å². The molecule has 3 atom stereocenters. The van der Waals surface area contributed by atoms with Crippen LogP contribution in [0.2, 0.25) is 0 Å². The molecule has 0 spiro atoms. The maximum Gasteiger partial charge on any atom is 0.408 e. The van der Waals surface area contributed by atoms with Crippen molar-refractivity contribution in [3.05, 3.63) is 141 Å². The number of aromatic nitrogens is 1. The second-order valence-corrected chi connectivity index (χ2v) is 16.1. The summed E-state index contributed by atoms with van der Waals surface area (Å²) in [5, 5.41) is 28.0. The lowest BCUT2D eigenvalue weighted by Crippen LogP contribution is -2.52. The number of carbonyl (C=O) groups excluding carboxylic acids is 2. The zero-order valence-corrected chi connectivity index (χ0v) is 33.2. The molecule has 59 heavy (non-hydrogen) atoms. The quantitative estimate of drug-likeness (QED) is 0.0859. The van der Waals surface area contributed by atoms with Crippen LogP contribution < -0.4 is 20.9 Å². The minimum atomic E-state index is -0.829. The van der Waals surface area contributed by atoms with E-state index in [0.29, 0.717) is 66.7 Å². The lowest BCUT2D eigenvalue weighted by atomic mass is 9.86. The molecule has 4 aliphatic heterocycles. The number of H-pyrrole nitrogens is 1. The second kappa shape index (κ2) is 18.5. The molecule has 5 aromatic rings. The number of rotatable bonds is 14. The first-order chi connectivity index (χ1) is 28.8. The lowest BCUT2D eigenvalue weighted by Gasteiger charge is -2.43. The largest absolute Gasteiger partial charge is 0.506 e. The van der Waals surface area contributed by atoms with Crippen LogP contribution in [0.1, 0.15) is 70.4 Å². The third-order valence-electron chi connectivity index (χ3n) is 12.2. The molecule has 0 radical (unpaired) electrons. The van der Waals surface area contributed by atoms with E-state index in [2.05, 4.69) is 20.5 Å². The number of phenols is 1. The molecule has 12 heteroatoms. The van der Waals surface area contributed by atoms with Crippen LogP contribution >= 0.6 is 0 Å². The number of aromatic amines is 1. The number of hydrogen-bond acceptors (Lipinski definition) is 9. The van der Waals surface area contributed by atoms with E-state index in [1.54, 1.807) is 12.1 Å². The Morgan fingerprint density at radius 2 is 1.61 bits per heavy atom. The number of hydrogen-bond donors (Lipinski definition) is 5. The summed E-state index contributed by atoms with van der Waals surface area (Å²) in [5.74, 6) is 1.47. The maximum atomic E-state index is 13.4. The van der Waals surface area contributed by atoms with Crippen LogP contribution in [-0.2, 0) is 11.2 Å². The molecule has 1 aromatic heterocycles. The number of piperidine rings is 4. The van der Waals surface area contributed by atoms with Gasteiger partial charge in [-0.1, -0.05) is 60.7 Å². The first kappa shape index (κ1) is 40.1. The van der Waals surface area contributed by atoms with Crippen molar-refractivity contribution in [2.45, 2.75) is 50.4 Å². The Balaban J connectivity index is 0.784. The molecule has 9 rings (SSSR count). The lowest BCUT2D eigenvalue weighted by molar-refractivity contribution is -0.0336. The van der Waals surface area contributed by atoms with Gasteiger partial charge in [-0.25, -0.2) is 4.79 Å². The van der Waals surface area contributed by atoms with Crippen molar-refractivity contribution in [1.82, 2.24) is 25.4 Å².